The molecule has 10 heteroatoms. The van der Waals surface area contributed by atoms with Gasteiger partial charge in [0.05, 0.1) is 23.8 Å². The fraction of sp³-hybridized carbons (Fsp3) is 0.381. The van der Waals surface area contributed by atoms with Gasteiger partial charge in [0.25, 0.3) is 0 Å². The van der Waals surface area contributed by atoms with E-state index in [2.05, 4.69) is 0 Å². The van der Waals surface area contributed by atoms with Crippen molar-refractivity contribution in [1.82, 2.24) is 0 Å². The molecule has 1 saturated heterocycles. The lowest BCUT2D eigenvalue weighted by molar-refractivity contribution is -0.232. The van der Waals surface area contributed by atoms with Gasteiger partial charge < -0.3 is 45.6 Å². The molecule has 0 radical (unpaired) electrons. The number of hydrogen-bond acceptors (Lipinski definition) is 10. The van der Waals surface area contributed by atoms with Crippen LogP contribution in [0.4, 0.5) is 0 Å². The molecule has 0 unspecified atom stereocenters. The van der Waals surface area contributed by atoms with Gasteiger partial charge in [-0.2, -0.15) is 0 Å². The fourth-order valence-electron chi connectivity index (χ4n) is 3.54. The minimum Gasteiger partial charge on any atom is -0.508 e. The van der Waals surface area contributed by atoms with Crippen molar-refractivity contribution < 1.29 is 50.4 Å². The number of aliphatic hydroxyl groups excluding tert-OH is 5. The van der Waals surface area contributed by atoms with Crippen molar-refractivity contribution in [2.24, 2.45) is 0 Å². The third-order valence-electron chi connectivity index (χ3n) is 5.33. The molecule has 1 aliphatic rings. The van der Waals surface area contributed by atoms with Gasteiger partial charge in [0.2, 0.25) is 0 Å². The van der Waals surface area contributed by atoms with Crippen LogP contribution in [0.25, 0.3) is 0 Å². The Morgan fingerprint density at radius 3 is 2.19 bits per heavy atom. The van der Waals surface area contributed by atoms with E-state index in [0.29, 0.717) is 5.56 Å². The van der Waals surface area contributed by atoms with Crippen LogP contribution in [0.2, 0.25) is 0 Å². The molecule has 0 aromatic heterocycles. The van der Waals surface area contributed by atoms with Crippen molar-refractivity contribution in [1.29, 1.82) is 0 Å². The number of rotatable bonds is 6. The van der Waals surface area contributed by atoms with Crippen molar-refractivity contribution in [3.63, 3.8) is 0 Å². The number of ketones is 1. The highest BCUT2D eigenvalue weighted by Gasteiger charge is 2.46. The fourth-order valence-corrected chi connectivity index (χ4v) is 3.54. The van der Waals surface area contributed by atoms with Crippen LogP contribution in [0.15, 0.2) is 36.4 Å². The molecule has 3 rings (SSSR count). The number of aromatic hydroxyl groups is 3. The van der Waals surface area contributed by atoms with Crippen LogP contribution in [0.1, 0.15) is 40.1 Å². The van der Waals surface area contributed by atoms with Crippen molar-refractivity contribution >= 4 is 5.78 Å². The summed E-state index contributed by atoms with van der Waals surface area (Å²) >= 11 is 0. The zero-order valence-corrected chi connectivity index (χ0v) is 16.2. The van der Waals surface area contributed by atoms with E-state index in [9.17, 15) is 45.6 Å². The van der Waals surface area contributed by atoms with Crippen molar-refractivity contribution in [3.05, 3.63) is 53.1 Å². The molecule has 1 heterocycles. The summed E-state index contributed by atoms with van der Waals surface area (Å²) in [6, 6.07) is 7.77. The van der Waals surface area contributed by atoms with Crippen LogP contribution in [0.5, 0.6) is 17.2 Å². The van der Waals surface area contributed by atoms with E-state index in [-0.39, 0.29) is 11.3 Å². The number of ether oxygens (including phenoxy) is 1. The van der Waals surface area contributed by atoms with Crippen LogP contribution in [0, 0.1) is 0 Å². The molecule has 168 valence electrons. The number of hydrogen-bond donors (Lipinski definition) is 8. The van der Waals surface area contributed by atoms with Gasteiger partial charge in [-0.3, -0.25) is 4.79 Å². The Labute approximate surface area is 176 Å². The number of phenols is 3. The van der Waals surface area contributed by atoms with E-state index in [4.69, 9.17) is 4.74 Å². The first-order chi connectivity index (χ1) is 14.6. The quantitative estimate of drug-likeness (QED) is 0.277. The molecule has 2 aromatic rings. The molecule has 31 heavy (non-hydrogen) atoms. The number of carbonyl (C=O) groups excluding carboxylic acids is 1. The van der Waals surface area contributed by atoms with Crippen molar-refractivity contribution in [2.45, 2.75) is 43.0 Å². The number of phenolic OH excluding ortho intramolecular Hbond substituents is 3. The average molecular weight is 436 g/mol. The summed E-state index contributed by atoms with van der Waals surface area (Å²) in [5, 5.41) is 80.0. The van der Waals surface area contributed by atoms with Gasteiger partial charge >= 0.3 is 0 Å². The minimum atomic E-state index is -1.78. The topological polar surface area (TPSA) is 188 Å². The second-order valence-electron chi connectivity index (χ2n) is 7.38. The molecule has 1 fully saturated rings. The summed E-state index contributed by atoms with van der Waals surface area (Å²) in [4.78, 5) is 12.7. The first-order valence-electron chi connectivity index (χ1n) is 9.51. The Morgan fingerprint density at radius 1 is 0.935 bits per heavy atom. The molecule has 1 aliphatic heterocycles. The zero-order chi connectivity index (χ0) is 22.9. The Balaban J connectivity index is 1.89. The smallest absolute Gasteiger partial charge is 0.169 e. The van der Waals surface area contributed by atoms with Gasteiger partial charge in [-0.05, 0) is 29.8 Å². The Kier molecular flexibility index (Phi) is 6.80. The highest BCUT2D eigenvalue weighted by Crippen LogP contribution is 2.43. The van der Waals surface area contributed by atoms with Gasteiger partial charge in [-0.25, -0.2) is 0 Å². The minimum absolute atomic E-state index is 0.0115. The van der Waals surface area contributed by atoms with Gasteiger partial charge in [-0.1, -0.05) is 12.1 Å². The molecule has 6 atom stereocenters. The molecule has 8 N–H and O–H groups in total. The van der Waals surface area contributed by atoms with Crippen LogP contribution in [-0.2, 0) is 4.74 Å². The van der Waals surface area contributed by atoms with Crippen molar-refractivity contribution in [3.8, 4) is 17.2 Å². The normalized spacial score (nSPS) is 27.1. The molecule has 0 bridgehead atoms. The van der Waals surface area contributed by atoms with E-state index in [1.54, 1.807) is 0 Å². The molecule has 0 amide bonds. The summed E-state index contributed by atoms with van der Waals surface area (Å²) in [6.45, 7) is -0.708. The number of aliphatic hydroxyl groups is 5. The largest absolute Gasteiger partial charge is 0.508 e. The highest BCUT2D eigenvalue weighted by atomic mass is 16.5. The second-order valence-corrected chi connectivity index (χ2v) is 7.38. The standard InChI is InChI=1S/C21H24O10/c22-8-15-18(28)19(29)20(30)21(31-15)16-12(24)6-5-11(17(16)27)14(26)7-13(25)9-1-3-10(23)4-2-9/h1-6,13,15,18-25,27-30H,7-8H2/t13-,15+,18-,19+,20-,21-/m1/s1. The number of benzene rings is 2. The maximum atomic E-state index is 12.7. The molecule has 0 aliphatic carbocycles. The van der Waals surface area contributed by atoms with Crippen LogP contribution >= 0.6 is 0 Å². The first-order valence-corrected chi connectivity index (χ1v) is 9.51. The third kappa shape index (κ3) is 4.49. The van der Waals surface area contributed by atoms with E-state index in [0.717, 1.165) is 12.1 Å². The van der Waals surface area contributed by atoms with Crippen molar-refractivity contribution in [2.75, 3.05) is 6.61 Å². The second kappa shape index (κ2) is 9.18. The monoisotopic (exact) mass is 436 g/mol. The summed E-state index contributed by atoms with van der Waals surface area (Å²) in [7, 11) is 0. The van der Waals surface area contributed by atoms with Gasteiger partial charge in [-0.15, -0.1) is 0 Å². The maximum absolute atomic E-state index is 12.7. The first kappa shape index (κ1) is 22.9. The van der Waals surface area contributed by atoms with Crippen LogP contribution in [-0.4, -0.2) is 77.7 Å². The molecular weight excluding hydrogens is 412 g/mol. The van der Waals surface area contributed by atoms with E-state index >= 15 is 0 Å². The predicted molar refractivity (Wildman–Crippen MR) is 105 cm³/mol. The number of Topliss-reactive ketones (excluding diaryl/α,β-unsaturated/α-hetero) is 1. The van der Waals surface area contributed by atoms with E-state index < -0.39 is 72.5 Å². The van der Waals surface area contributed by atoms with Gasteiger partial charge in [0, 0.05) is 6.42 Å². The summed E-state index contributed by atoms with van der Waals surface area (Å²) in [6.07, 6.45) is -9.66. The summed E-state index contributed by atoms with van der Waals surface area (Å²) in [5.41, 5.74) is -0.317. The molecule has 0 spiro atoms. The third-order valence-corrected chi connectivity index (χ3v) is 5.33. The summed E-state index contributed by atoms with van der Waals surface area (Å²) in [5.74, 6) is -1.98. The van der Waals surface area contributed by atoms with E-state index in [1.165, 1.54) is 24.3 Å². The maximum Gasteiger partial charge on any atom is 0.169 e. The molecule has 10 nitrogen and oxygen atoms in total. The number of carbonyl (C=O) groups is 1. The lowest BCUT2D eigenvalue weighted by Gasteiger charge is -2.40. The molecular formula is C21H24O10. The Bertz CT molecular complexity index is 927. The lowest BCUT2D eigenvalue weighted by Crippen LogP contribution is -2.55. The Morgan fingerprint density at radius 2 is 1.58 bits per heavy atom. The van der Waals surface area contributed by atoms with Crippen LogP contribution < -0.4 is 0 Å². The van der Waals surface area contributed by atoms with E-state index in [1.807, 2.05) is 0 Å². The predicted octanol–water partition coefficient (Wildman–Crippen LogP) is -0.375. The SMILES string of the molecule is O=C(C[C@@H](O)c1ccc(O)cc1)c1ccc(O)c([C@H]2O[C@@H](CO)[C@@H](O)[C@H](O)[C@H]2O)c1O. The lowest BCUT2D eigenvalue weighted by atomic mass is 9.88. The van der Waals surface area contributed by atoms with Gasteiger partial charge in [0.15, 0.2) is 5.78 Å². The zero-order valence-electron chi connectivity index (χ0n) is 16.2. The molecule has 0 saturated carbocycles. The van der Waals surface area contributed by atoms with Crippen LogP contribution in [0.3, 0.4) is 0 Å². The molecule has 2 aromatic carbocycles. The average Bonchev–Trinajstić information content (AvgIpc) is 2.74. The van der Waals surface area contributed by atoms with Gasteiger partial charge in [0.1, 0.15) is 47.8 Å². The summed E-state index contributed by atoms with van der Waals surface area (Å²) < 4.78 is 5.36. The Hall–Kier alpha value is -2.73. The highest BCUT2D eigenvalue weighted by molar-refractivity contribution is 5.99.